The molecule has 2 atom stereocenters. The Hall–Kier alpha value is -1.70. The van der Waals surface area contributed by atoms with Crippen LogP contribution in [-0.4, -0.2) is 29.2 Å². The van der Waals surface area contributed by atoms with Gasteiger partial charge in [0.25, 0.3) is 0 Å². The Kier molecular flexibility index (Phi) is 6.80. The lowest BCUT2D eigenvalue weighted by molar-refractivity contribution is -0.137. The molecule has 0 rings (SSSR count). The molecule has 0 bridgehead atoms. The van der Waals surface area contributed by atoms with Gasteiger partial charge in [0.15, 0.2) is 0 Å². The minimum absolute atomic E-state index is 0.0442. The van der Waals surface area contributed by atoms with Crippen LogP contribution in [0.3, 0.4) is 0 Å². The van der Waals surface area contributed by atoms with Crippen LogP contribution in [0, 0.1) is 18.3 Å². The fraction of sp³-hybridized carbons (Fsp3) is 0.667. The van der Waals surface area contributed by atoms with Gasteiger partial charge in [-0.1, -0.05) is 26.7 Å². The monoisotopic (exact) mass is 240 g/mol. The highest BCUT2D eigenvalue weighted by Gasteiger charge is 2.19. The zero-order valence-electron chi connectivity index (χ0n) is 10.5. The zero-order chi connectivity index (χ0) is 13.4. The number of carboxylic acids is 1. The van der Waals surface area contributed by atoms with E-state index in [1.807, 2.05) is 20.8 Å². The van der Waals surface area contributed by atoms with E-state index in [9.17, 15) is 9.59 Å². The van der Waals surface area contributed by atoms with E-state index in [2.05, 4.69) is 16.6 Å². The Labute approximate surface area is 102 Å². The van der Waals surface area contributed by atoms with Crippen LogP contribution in [0.2, 0.25) is 0 Å². The Bertz CT molecular complexity index is 307. The molecule has 5 heteroatoms. The van der Waals surface area contributed by atoms with Crippen LogP contribution >= 0.6 is 0 Å². The van der Waals surface area contributed by atoms with Crippen LogP contribution in [0.5, 0.6) is 0 Å². The second-order valence-corrected chi connectivity index (χ2v) is 4.19. The lowest BCUT2D eigenvalue weighted by Crippen LogP contribution is -2.48. The predicted molar refractivity (Wildman–Crippen MR) is 65.5 cm³/mol. The van der Waals surface area contributed by atoms with Crippen molar-refractivity contribution in [2.24, 2.45) is 5.92 Å². The maximum Gasteiger partial charge on any atom is 0.316 e. The molecule has 0 saturated carbocycles. The molecule has 0 spiro atoms. The molecule has 0 aromatic heterocycles. The molecule has 3 N–H and O–H groups in total. The van der Waals surface area contributed by atoms with Gasteiger partial charge in [-0.15, -0.1) is 6.42 Å². The van der Waals surface area contributed by atoms with E-state index >= 15 is 0 Å². The van der Waals surface area contributed by atoms with Gasteiger partial charge in [0.05, 0.1) is 12.5 Å². The van der Waals surface area contributed by atoms with Crippen molar-refractivity contribution in [3.8, 4) is 12.3 Å². The second kappa shape index (κ2) is 7.55. The first-order valence-corrected chi connectivity index (χ1v) is 5.65. The summed E-state index contributed by atoms with van der Waals surface area (Å²) in [6.07, 6.45) is 5.75. The van der Waals surface area contributed by atoms with Gasteiger partial charge >= 0.3 is 12.0 Å². The van der Waals surface area contributed by atoms with Crippen molar-refractivity contribution < 1.29 is 14.7 Å². The fourth-order valence-electron chi connectivity index (χ4n) is 1.27. The van der Waals surface area contributed by atoms with E-state index in [0.717, 1.165) is 0 Å². The molecule has 0 saturated heterocycles. The molecule has 0 aliphatic rings. The van der Waals surface area contributed by atoms with E-state index in [1.165, 1.54) is 0 Å². The maximum absolute atomic E-state index is 11.6. The van der Waals surface area contributed by atoms with Crippen molar-refractivity contribution in [3.63, 3.8) is 0 Å². The molecule has 2 unspecified atom stereocenters. The third kappa shape index (κ3) is 6.46. The standard InChI is InChI=1S/C12H20N2O3/c1-5-9(6-2)13-12(17)14-10(8(3)4)7-11(15)16/h1,8-10H,6-7H2,2-4H3,(H,15,16)(H2,13,14,17). The van der Waals surface area contributed by atoms with Gasteiger partial charge < -0.3 is 15.7 Å². The van der Waals surface area contributed by atoms with Crippen LogP contribution in [-0.2, 0) is 4.79 Å². The summed E-state index contributed by atoms with van der Waals surface area (Å²) in [6.45, 7) is 5.57. The number of aliphatic carboxylic acids is 1. The first-order valence-electron chi connectivity index (χ1n) is 5.65. The number of urea groups is 1. The number of carbonyl (C=O) groups excluding carboxylic acids is 1. The minimum atomic E-state index is -0.937. The summed E-state index contributed by atoms with van der Waals surface area (Å²) < 4.78 is 0. The summed E-state index contributed by atoms with van der Waals surface area (Å²) in [5.74, 6) is 1.54. The molecular weight excluding hydrogens is 220 g/mol. The number of carboxylic acid groups (broad SMARTS) is 1. The van der Waals surface area contributed by atoms with Crippen molar-refractivity contribution in [1.82, 2.24) is 10.6 Å². The highest BCUT2D eigenvalue weighted by atomic mass is 16.4. The van der Waals surface area contributed by atoms with Crippen LogP contribution < -0.4 is 10.6 Å². The highest BCUT2D eigenvalue weighted by molar-refractivity contribution is 5.76. The van der Waals surface area contributed by atoms with Gasteiger partial charge in [-0.2, -0.15) is 0 Å². The predicted octanol–water partition coefficient (Wildman–Crippen LogP) is 1.20. The minimum Gasteiger partial charge on any atom is -0.481 e. The molecule has 96 valence electrons. The molecule has 0 aromatic carbocycles. The molecule has 0 aliphatic carbocycles. The highest BCUT2D eigenvalue weighted by Crippen LogP contribution is 2.06. The van der Waals surface area contributed by atoms with E-state index < -0.39 is 18.0 Å². The SMILES string of the molecule is C#CC(CC)NC(=O)NC(CC(=O)O)C(C)C. The normalized spacial score (nSPS) is 13.6. The van der Waals surface area contributed by atoms with Crippen LogP contribution in [0.25, 0.3) is 0 Å². The molecular formula is C12H20N2O3. The van der Waals surface area contributed by atoms with Gasteiger partial charge in [-0.25, -0.2) is 4.79 Å². The quantitative estimate of drug-likeness (QED) is 0.610. The van der Waals surface area contributed by atoms with Gasteiger partial charge in [-0.05, 0) is 12.3 Å². The molecule has 0 radical (unpaired) electrons. The average Bonchev–Trinajstić information content (AvgIpc) is 2.24. The summed E-state index contributed by atoms with van der Waals surface area (Å²) in [5.41, 5.74) is 0. The van der Waals surface area contributed by atoms with Crippen molar-refractivity contribution in [1.29, 1.82) is 0 Å². The lowest BCUT2D eigenvalue weighted by atomic mass is 10.0. The Morgan fingerprint density at radius 3 is 2.29 bits per heavy atom. The molecule has 0 aliphatic heterocycles. The van der Waals surface area contributed by atoms with Gasteiger partial charge in [0.1, 0.15) is 0 Å². The summed E-state index contributed by atoms with van der Waals surface area (Å²) in [4.78, 5) is 22.2. The molecule has 0 heterocycles. The summed E-state index contributed by atoms with van der Waals surface area (Å²) >= 11 is 0. The number of carbonyl (C=O) groups is 2. The number of hydrogen-bond acceptors (Lipinski definition) is 2. The number of nitrogens with one attached hydrogen (secondary N) is 2. The average molecular weight is 240 g/mol. The van der Waals surface area contributed by atoms with Crippen molar-refractivity contribution >= 4 is 12.0 Å². The molecule has 2 amide bonds. The molecule has 0 fully saturated rings. The van der Waals surface area contributed by atoms with Crippen LogP contribution in [0.1, 0.15) is 33.6 Å². The molecule has 5 nitrogen and oxygen atoms in total. The topological polar surface area (TPSA) is 78.4 Å². The van der Waals surface area contributed by atoms with Gasteiger partial charge in [0, 0.05) is 6.04 Å². The van der Waals surface area contributed by atoms with Crippen molar-refractivity contribution in [3.05, 3.63) is 0 Å². The van der Waals surface area contributed by atoms with Crippen molar-refractivity contribution in [2.75, 3.05) is 0 Å². The van der Waals surface area contributed by atoms with Gasteiger partial charge in [-0.3, -0.25) is 4.79 Å². The number of amides is 2. The summed E-state index contributed by atoms with van der Waals surface area (Å²) in [7, 11) is 0. The fourth-order valence-corrected chi connectivity index (χ4v) is 1.27. The lowest BCUT2D eigenvalue weighted by Gasteiger charge is -2.22. The molecule has 17 heavy (non-hydrogen) atoms. The number of terminal acetylenes is 1. The van der Waals surface area contributed by atoms with E-state index in [0.29, 0.717) is 6.42 Å². The summed E-state index contributed by atoms with van der Waals surface area (Å²) in [5, 5.41) is 13.9. The van der Waals surface area contributed by atoms with Crippen LogP contribution in [0.4, 0.5) is 4.79 Å². The maximum atomic E-state index is 11.6. The third-order valence-corrected chi connectivity index (χ3v) is 2.43. The first-order chi connectivity index (χ1) is 7.90. The third-order valence-electron chi connectivity index (χ3n) is 2.43. The Morgan fingerprint density at radius 2 is 1.94 bits per heavy atom. The largest absolute Gasteiger partial charge is 0.481 e. The van der Waals surface area contributed by atoms with E-state index in [-0.39, 0.29) is 18.4 Å². The number of hydrogen-bond donors (Lipinski definition) is 3. The Balaban J connectivity index is 4.31. The smallest absolute Gasteiger partial charge is 0.316 e. The van der Waals surface area contributed by atoms with E-state index in [4.69, 9.17) is 11.5 Å². The first kappa shape index (κ1) is 15.3. The zero-order valence-corrected chi connectivity index (χ0v) is 10.5. The van der Waals surface area contributed by atoms with Gasteiger partial charge in [0.2, 0.25) is 0 Å². The number of rotatable bonds is 6. The van der Waals surface area contributed by atoms with E-state index in [1.54, 1.807) is 0 Å². The van der Waals surface area contributed by atoms with Crippen LogP contribution in [0.15, 0.2) is 0 Å². The second-order valence-electron chi connectivity index (χ2n) is 4.19. The summed E-state index contributed by atoms with van der Waals surface area (Å²) in [6, 6.07) is -1.15. The van der Waals surface area contributed by atoms with Crippen molar-refractivity contribution in [2.45, 2.75) is 45.7 Å². The molecule has 0 aromatic rings. The Morgan fingerprint density at radius 1 is 1.35 bits per heavy atom.